The van der Waals surface area contributed by atoms with Gasteiger partial charge in [0.2, 0.25) is 0 Å². The minimum absolute atomic E-state index is 0.0383. The van der Waals surface area contributed by atoms with Gasteiger partial charge in [-0.2, -0.15) is 5.26 Å². The fourth-order valence-electron chi connectivity index (χ4n) is 2.16. The van der Waals surface area contributed by atoms with E-state index in [1.165, 1.54) is 18.2 Å². The zero-order valence-corrected chi connectivity index (χ0v) is 9.53. The number of hydrogen-bond donors (Lipinski definition) is 1. The van der Waals surface area contributed by atoms with Gasteiger partial charge in [0.05, 0.1) is 5.56 Å². The van der Waals surface area contributed by atoms with E-state index in [9.17, 15) is 4.39 Å². The molecule has 2 N–H and O–H groups in total. The highest BCUT2D eigenvalue weighted by molar-refractivity contribution is 5.43. The molecule has 2 unspecified atom stereocenters. The van der Waals surface area contributed by atoms with Gasteiger partial charge >= 0.3 is 0 Å². The van der Waals surface area contributed by atoms with Crippen LogP contribution in [0.15, 0.2) is 18.2 Å². The Labute approximate surface area is 100.0 Å². The summed E-state index contributed by atoms with van der Waals surface area (Å²) in [5.41, 5.74) is 6.11. The fourth-order valence-corrected chi connectivity index (χ4v) is 2.16. The van der Waals surface area contributed by atoms with Crippen LogP contribution in [0.5, 0.6) is 5.75 Å². The predicted octanol–water partition coefficient (Wildman–Crippen LogP) is 2.35. The van der Waals surface area contributed by atoms with Crippen LogP contribution in [0.25, 0.3) is 0 Å². The quantitative estimate of drug-likeness (QED) is 0.854. The van der Waals surface area contributed by atoms with Crippen molar-refractivity contribution in [3.8, 4) is 11.8 Å². The molecular weight excluding hydrogens is 219 g/mol. The van der Waals surface area contributed by atoms with Crippen LogP contribution in [-0.4, -0.2) is 12.1 Å². The molecule has 1 aromatic carbocycles. The summed E-state index contributed by atoms with van der Waals surface area (Å²) in [6, 6.07) is 6.11. The lowest BCUT2D eigenvalue weighted by molar-refractivity contribution is 0.144. The number of nitrogens with two attached hydrogens (primary N) is 1. The van der Waals surface area contributed by atoms with Crippen LogP contribution in [0, 0.1) is 17.1 Å². The SMILES string of the molecule is N#Cc1cc(F)ccc1OC1CCCC(N)C1. The van der Waals surface area contributed by atoms with E-state index < -0.39 is 5.82 Å². The first kappa shape index (κ1) is 11.9. The number of rotatable bonds is 2. The first-order chi connectivity index (χ1) is 8.19. The van der Waals surface area contributed by atoms with Crippen molar-refractivity contribution >= 4 is 0 Å². The second kappa shape index (κ2) is 5.15. The lowest BCUT2D eigenvalue weighted by atomic mass is 9.93. The van der Waals surface area contributed by atoms with Crippen LogP contribution in [0.2, 0.25) is 0 Å². The third kappa shape index (κ3) is 2.95. The van der Waals surface area contributed by atoms with Gasteiger partial charge in [-0.05, 0) is 43.9 Å². The maximum absolute atomic E-state index is 12.9. The second-order valence-electron chi connectivity index (χ2n) is 4.42. The van der Waals surface area contributed by atoms with E-state index in [0.717, 1.165) is 25.7 Å². The summed E-state index contributed by atoms with van der Waals surface area (Å²) in [5, 5.41) is 8.90. The van der Waals surface area contributed by atoms with Gasteiger partial charge in [0.25, 0.3) is 0 Å². The first-order valence-corrected chi connectivity index (χ1v) is 5.81. The molecule has 0 saturated heterocycles. The van der Waals surface area contributed by atoms with Crippen LogP contribution >= 0.6 is 0 Å². The largest absolute Gasteiger partial charge is 0.489 e. The summed E-state index contributed by atoms with van der Waals surface area (Å²) in [5.74, 6) is 0.0299. The van der Waals surface area contributed by atoms with Crippen molar-refractivity contribution in [3.63, 3.8) is 0 Å². The maximum atomic E-state index is 12.9. The van der Waals surface area contributed by atoms with E-state index in [2.05, 4.69) is 0 Å². The van der Waals surface area contributed by atoms with E-state index in [4.69, 9.17) is 15.7 Å². The highest BCUT2D eigenvalue weighted by Crippen LogP contribution is 2.25. The van der Waals surface area contributed by atoms with Gasteiger partial charge in [-0.3, -0.25) is 0 Å². The lowest BCUT2D eigenvalue weighted by Gasteiger charge is -2.27. The van der Waals surface area contributed by atoms with Gasteiger partial charge in [-0.15, -0.1) is 0 Å². The third-order valence-electron chi connectivity index (χ3n) is 3.02. The number of ether oxygens (including phenoxy) is 1. The molecule has 1 aliphatic rings. The smallest absolute Gasteiger partial charge is 0.137 e. The Kier molecular flexibility index (Phi) is 3.60. The molecule has 17 heavy (non-hydrogen) atoms. The molecule has 0 aromatic heterocycles. The number of hydrogen-bond acceptors (Lipinski definition) is 3. The van der Waals surface area contributed by atoms with E-state index in [1.54, 1.807) is 0 Å². The molecule has 3 nitrogen and oxygen atoms in total. The highest BCUT2D eigenvalue weighted by Gasteiger charge is 2.21. The Morgan fingerprint density at radius 2 is 2.24 bits per heavy atom. The van der Waals surface area contributed by atoms with Crippen LogP contribution in [0.3, 0.4) is 0 Å². The topological polar surface area (TPSA) is 59.0 Å². The summed E-state index contributed by atoms with van der Waals surface area (Å²) < 4.78 is 18.7. The Bertz CT molecular complexity index is 442. The minimum Gasteiger partial charge on any atom is -0.489 e. The minimum atomic E-state index is -0.422. The van der Waals surface area contributed by atoms with E-state index in [1.807, 2.05) is 6.07 Å². The Morgan fingerprint density at radius 3 is 2.94 bits per heavy atom. The zero-order valence-electron chi connectivity index (χ0n) is 9.53. The Hall–Kier alpha value is -1.60. The molecule has 0 aliphatic heterocycles. The monoisotopic (exact) mass is 234 g/mol. The molecule has 1 saturated carbocycles. The molecule has 90 valence electrons. The maximum Gasteiger partial charge on any atom is 0.137 e. The lowest BCUT2D eigenvalue weighted by Crippen LogP contribution is -2.33. The molecule has 0 radical (unpaired) electrons. The second-order valence-corrected chi connectivity index (χ2v) is 4.42. The van der Waals surface area contributed by atoms with Crippen LogP contribution in [0.4, 0.5) is 4.39 Å². The normalized spacial score (nSPS) is 24.1. The Morgan fingerprint density at radius 1 is 1.41 bits per heavy atom. The van der Waals surface area contributed by atoms with Gasteiger partial charge in [0, 0.05) is 6.04 Å². The average Bonchev–Trinajstić information content (AvgIpc) is 2.31. The van der Waals surface area contributed by atoms with Crippen molar-refractivity contribution in [2.24, 2.45) is 5.73 Å². The number of benzene rings is 1. The van der Waals surface area contributed by atoms with Crippen LogP contribution < -0.4 is 10.5 Å². The predicted molar refractivity (Wildman–Crippen MR) is 62.0 cm³/mol. The van der Waals surface area contributed by atoms with Gasteiger partial charge in [0.15, 0.2) is 0 Å². The molecule has 2 atom stereocenters. The molecule has 4 heteroatoms. The molecule has 0 heterocycles. The third-order valence-corrected chi connectivity index (χ3v) is 3.02. The number of halogens is 1. The molecule has 0 amide bonds. The summed E-state index contributed by atoms with van der Waals surface area (Å²) in [7, 11) is 0. The summed E-state index contributed by atoms with van der Waals surface area (Å²) in [4.78, 5) is 0. The summed E-state index contributed by atoms with van der Waals surface area (Å²) >= 11 is 0. The van der Waals surface area contributed by atoms with Gasteiger partial charge in [-0.25, -0.2) is 4.39 Å². The van der Waals surface area contributed by atoms with E-state index in [-0.39, 0.29) is 17.7 Å². The van der Waals surface area contributed by atoms with Crippen LogP contribution in [-0.2, 0) is 0 Å². The highest BCUT2D eigenvalue weighted by atomic mass is 19.1. The molecule has 2 rings (SSSR count). The first-order valence-electron chi connectivity index (χ1n) is 5.81. The van der Waals surface area contributed by atoms with Crippen molar-refractivity contribution in [1.82, 2.24) is 0 Å². The molecule has 0 spiro atoms. The molecular formula is C13H15FN2O. The zero-order chi connectivity index (χ0) is 12.3. The van der Waals surface area contributed by atoms with Gasteiger partial charge in [-0.1, -0.05) is 0 Å². The molecule has 1 aliphatic carbocycles. The molecule has 1 aromatic rings. The standard InChI is InChI=1S/C13H15FN2O/c14-10-4-5-13(9(6-10)8-15)17-12-3-1-2-11(16)7-12/h4-6,11-12H,1-3,7,16H2. The van der Waals surface area contributed by atoms with E-state index in [0.29, 0.717) is 5.75 Å². The van der Waals surface area contributed by atoms with Crippen molar-refractivity contribution < 1.29 is 9.13 Å². The van der Waals surface area contributed by atoms with E-state index >= 15 is 0 Å². The number of nitrogens with zero attached hydrogens (tertiary/aromatic N) is 1. The molecule has 0 bridgehead atoms. The number of nitriles is 1. The average molecular weight is 234 g/mol. The van der Waals surface area contributed by atoms with Crippen LogP contribution in [0.1, 0.15) is 31.2 Å². The van der Waals surface area contributed by atoms with Gasteiger partial charge in [0.1, 0.15) is 23.7 Å². The van der Waals surface area contributed by atoms with Crippen molar-refractivity contribution in [2.75, 3.05) is 0 Å². The van der Waals surface area contributed by atoms with Crippen molar-refractivity contribution in [2.45, 2.75) is 37.8 Å². The Balaban J connectivity index is 2.10. The van der Waals surface area contributed by atoms with Gasteiger partial charge < -0.3 is 10.5 Å². The van der Waals surface area contributed by atoms with Crippen molar-refractivity contribution in [3.05, 3.63) is 29.6 Å². The van der Waals surface area contributed by atoms with Crippen molar-refractivity contribution in [1.29, 1.82) is 5.26 Å². The fraction of sp³-hybridized carbons (Fsp3) is 0.462. The summed E-state index contributed by atoms with van der Waals surface area (Å²) in [6.07, 6.45) is 3.83. The molecule has 1 fully saturated rings. The summed E-state index contributed by atoms with van der Waals surface area (Å²) in [6.45, 7) is 0.